The van der Waals surface area contributed by atoms with Crippen molar-refractivity contribution >= 4 is 29.3 Å². The molecule has 1 aliphatic heterocycles. The summed E-state index contributed by atoms with van der Waals surface area (Å²) in [5, 5.41) is 25.2. The zero-order valence-corrected chi connectivity index (χ0v) is 21.6. The van der Waals surface area contributed by atoms with Crippen LogP contribution in [0.25, 0.3) is 0 Å². The highest BCUT2D eigenvalue weighted by Gasteiger charge is 2.47. The standard InChI is InChI=1S/C27H34ClFN4O4/c28-23-20(7-3-8-21(23)29)25(35)32-22(26(36)37)11-16-33(27(17-34)12-13-27)15-2-1-6-19-10-9-18-5-4-14-30-24(18)31-19/h3,7-10,22,34H,1-2,4-6,11-17H2,(H,30,31)(H,32,35)(H,36,37). The number of hydrogen-bond acceptors (Lipinski definition) is 6. The first-order valence-electron chi connectivity index (χ1n) is 12.9. The fourth-order valence-electron chi connectivity index (χ4n) is 4.88. The van der Waals surface area contributed by atoms with E-state index in [1.807, 2.05) is 0 Å². The maximum Gasteiger partial charge on any atom is 0.326 e. The van der Waals surface area contributed by atoms with E-state index < -0.39 is 23.7 Å². The molecule has 4 N–H and O–H groups in total. The lowest BCUT2D eigenvalue weighted by Crippen LogP contribution is -2.47. The van der Waals surface area contributed by atoms with Gasteiger partial charge in [0.25, 0.3) is 5.91 Å². The first-order valence-corrected chi connectivity index (χ1v) is 13.3. The van der Waals surface area contributed by atoms with E-state index in [4.69, 9.17) is 16.6 Å². The van der Waals surface area contributed by atoms with Gasteiger partial charge in [-0.3, -0.25) is 9.69 Å². The molecule has 0 saturated heterocycles. The van der Waals surface area contributed by atoms with Gasteiger partial charge in [0.15, 0.2) is 0 Å². The second kappa shape index (κ2) is 12.2. The minimum Gasteiger partial charge on any atom is -0.480 e. The number of nitrogens with one attached hydrogen (secondary N) is 2. The van der Waals surface area contributed by atoms with Gasteiger partial charge in [-0.25, -0.2) is 14.2 Å². The van der Waals surface area contributed by atoms with Crippen LogP contribution in [-0.2, 0) is 17.6 Å². The summed E-state index contributed by atoms with van der Waals surface area (Å²) < 4.78 is 13.7. The quantitative estimate of drug-likeness (QED) is 0.291. The molecule has 0 spiro atoms. The predicted octanol–water partition coefficient (Wildman–Crippen LogP) is 3.66. The Morgan fingerprint density at radius 3 is 2.76 bits per heavy atom. The van der Waals surface area contributed by atoms with Crippen LogP contribution in [0.1, 0.15) is 60.1 Å². The molecule has 2 aromatic rings. The van der Waals surface area contributed by atoms with Crippen LogP contribution in [0.5, 0.6) is 0 Å². The summed E-state index contributed by atoms with van der Waals surface area (Å²) in [7, 11) is 0. The van der Waals surface area contributed by atoms with E-state index in [1.54, 1.807) is 0 Å². The highest BCUT2D eigenvalue weighted by molar-refractivity contribution is 6.34. The van der Waals surface area contributed by atoms with Crippen molar-refractivity contribution in [3.05, 3.63) is 58.0 Å². The van der Waals surface area contributed by atoms with Crippen LogP contribution >= 0.6 is 11.6 Å². The van der Waals surface area contributed by atoms with E-state index in [0.717, 1.165) is 69.1 Å². The number of carboxylic acid groups (broad SMARTS) is 1. The molecular weight excluding hydrogens is 499 g/mol. The summed E-state index contributed by atoms with van der Waals surface area (Å²) in [6.45, 7) is 2.07. The number of rotatable bonds is 13. The normalized spacial score (nSPS) is 16.5. The van der Waals surface area contributed by atoms with Crippen LogP contribution in [0.3, 0.4) is 0 Å². The highest BCUT2D eigenvalue weighted by Crippen LogP contribution is 2.41. The van der Waals surface area contributed by atoms with E-state index in [9.17, 15) is 24.2 Å². The van der Waals surface area contributed by atoms with Gasteiger partial charge < -0.3 is 20.8 Å². The Balaban J connectivity index is 1.31. The van der Waals surface area contributed by atoms with E-state index in [0.29, 0.717) is 13.1 Å². The van der Waals surface area contributed by atoms with Crippen molar-refractivity contribution < 1.29 is 24.2 Å². The minimum atomic E-state index is -1.18. The van der Waals surface area contributed by atoms with Crippen molar-refractivity contribution in [2.45, 2.75) is 62.9 Å². The number of aliphatic hydroxyl groups excluding tert-OH is 1. The summed E-state index contributed by atoms with van der Waals surface area (Å²) in [6, 6.07) is 6.90. The SMILES string of the molecule is O=C(NC(CCN(CCCCc1ccc2c(n1)NCCC2)C1(CO)CC1)C(=O)O)c1cccc(F)c1Cl. The zero-order valence-electron chi connectivity index (χ0n) is 20.8. The Kier molecular flexibility index (Phi) is 9.00. The molecule has 1 aromatic carbocycles. The summed E-state index contributed by atoms with van der Waals surface area (Å²) in [5.74, 6) is -1.67. The number of aliphatic hydroxyl groups is 1. The van der Waals surface area contributed by atoms with Gasteiger partial charge in [-0.05, 0) is 81.7 Å². The number of carbonyl (C=O) groups excluding carboxylic acids is 1. The largest absolute Gasteiger partial charge is 0.480 e. The van der Waals surface area contributed by atoms with Crippen LogP contribution in [-0.4, -0.2) is 69.8 Å². The van der Waals surface area contributed by atoms with Crippen molar-refractivity contribution in [2.24, 2.45) is 0 Å². The molecule has 0 bridgehead atoms. The Hall–Kier alpha value is -2.75. The molecule has 2 heterocycles. The Bertz CT molecular complexity index is 1130. The Morgan fingerprint density at radius 2 is 2.03 bits per heavy atom. The molecule has 1 fully saturated rings. The van der Waals surface area contributed by atoms with Crippen molar-refractivity contribution in [2.75, 3.05) is 31.6 Å². The van der Waals surface area contributed by atoms with Crippen molar-refractivity contribution in [1.29, 1.82) is 0 Å². The summed E-state index contributed by atoms with van der Waals surface area (Å²) >= 11 is 5.89. The molecule has 1 amide bonds. The van der Waals surface area contributed by atoms with Crippen LogP contribution in [0.15, 0.2) is 30.3 Å². The Labute approximate surface area is 221 Å². The number of carboxylic acids is 1. The van der Waals surface area contributed by atoms with Crippen LogP contribution < -0.4 is 10.6 Å². The van der Waals surface area contributed by atoms with E-state index in [1.165, 1.54) is 17.7 Å². The Morgan fingerprint density at radius 1 is 1.22 bits per heavy atom. The van der Waals surface area contributed by atoms with Gasteiger partial charge in [0.2, 0.25) is 0 Å². The number of amides is 1. The molecule has 1 atom stereocenters. The average Bonchev–Trinajstić information content (AvgIpc) is 3.70. The van der Waals surface area contributed by atoms with Crippen LogP contribution in [0.2, 0.25) is 5.02 Å². The minimum absolute atomic E-state index is 0.00798. The van der Waals surface area contributed by atoms with Gasteiger partial charge in [0.05, 0.1) is 17.2 Å². The van der Waals surface area contributed by atoms with Gasteiger partial charge in [-0.15, -0.1) is 0 Å². The van der Waals surface area contributed by atoms with Crippen LogP contribution in [0.4, 0.5) is 10.2 Å². The number of anilines is 1. The number of halogens is 2. The number of hydrogen-bond donors (Lipinski definition) is 4. The number of nitrogens with zero attached hydrogens (tertiary/aromatic N) is 2. The molecule has 1 saturated carbocycles. The smallest absolute Gasteiger partial charge is 0.326 e. The number of fused-ring (bicyclic) bond motifs is 1. The molecule has 200 valence electrons. The third-order valence-corrected chi connectivity index (χ3v) is 7.73. The fraction of sp³-hybridized carbons (Fsp3) is 0.519. The van der Waals surface area contributed by atoms with E-state index >= 15 is 0 Å². The third kappa shape index (κ3) is 6.77. The number of aliphatic carboxylic acids is 1. The van der Waals surface area contributed by atoms with Crippen LogP contribution in [0, 0.1) is 5.82 Å². The summed E-state index contributed by atoms with van der Waals surface area (Å²) in [5.41, 5.74) is 1.88. The molecule has 2 aliphatic rings. The lowest BCUT2D eigenvalue weighted by atomic mass is 10.1. The third-order valence-electron chi connectivity index (χ3n) is 7.34. The van der Waals surface area contributed by atoms with E-state index in [2.05, 4.69) is 27.7 Å². The number of benzene rings is 1. The van der Waals surface area contributed by atoms with Gasteiger partial charge >= 0.3 is 5.97 Å². The van der Waals surface area contributed by atoms with E-state index in [-0.39, 0.29) is 29.2 Å². The number of aryl methyl sites for hydroxylation is 2. The molecule has 8 nitrogen and oxygen atoms in total. The molecule has 1 unspecified atom stereocenters. The maximum atomic E-state index is 13.7. The molecule has 37 heavy (non-hydrogen) atoms. The van der Waals surface area contributed by atoms with Gasteiger partial charge in [-0.2, -0.15) is 0 Å². The average molecular weight is 533 g/mol. The lowest BCUT2D eigenvalue weighted by Gasteiger charge is -2.31. The van der Waals surface area contributed by atoms with Gasteiger partial charge in [0.1, 0.15) is 17.7 Å². The highest BCUT2D eigenvalue weighted by atomic mass is 35.5. The molecule has 4 rings (SSSR count). The summed E-state index contributed by atoms with van der Waals surface area (Å²) in [6.07, 6.45) is 6.67. The molecule has 0 radical (unpaired) electrons. The lowest BCUT2D eigenvalue weighted by molar-refractivity contribution is -0.139. The van der Waals surface area contributed by atoms with Crippen molar-refractivity contribution in [3.63, 3.8) is 0 Å². The monoisotopic (exact) mass is 532 g/mol. The second-order valence-electron chi connectivity index (χ2n) is 9.92. The number of pyridine rings is 1. The van der Waals surface area contributed by atoms with Crippen molar-refractivity contribution in [1.82, 2.24) is 15.2 Å². The molecular formula is C27H34ClFN4O4. The second-order valence-corrected chi connectivity index (χ2v) is 10.3. The fourth-order valence-corrected chi connectivity index (χ4v) is 5.09. The van der Waals surface area contributed by atoms with Crippen molar-refractivity contribution in [3.8, 4) is 0 Å². The topological polar surface area (TPSA) is 115 Å². The maximum absolute atomic E-state index is 13.7. The predicted molar refractivity (Wildman–Crippen MR) is 140 cm³/mol. The number of carbonyl (C=O) groups is 2. The summed E-state index contributed by atoms with van der Waals surface area (Å²) in [4.78, 5) is 31.4. The van der Waals surface area contributed by atoms with Gasteiger partial charge in [-0.1, -0.05) is 23.7 Å². The zero-order chi connectivity index (χ0) is 26.4. The van der Waals surface area contributed by atoms with Gasteiger partial charge in [0, 0.05) is 24.3 Å². The first-order chi connectivity index (χ1) is 17.8. The molecule has 1 aliphatic carbocycles. The first kappa shape index (κ1) is 27.3. The number of unbranched alkanes of at least 4 members (excludes halogenated alkanes) is 1. The molecule has 10 heteroatoms. The molecule has 1 aromatic heterocycles. The number of aromatic nitrogens is 1.